The number of piperazine rings is 1. The number of rotatable bonds is 3. The van der Waals surface area contributed by atoms with E-state index in [4.69, 9.17) is 0 Å². The van der Waals surface area contributed by atoms with E-state index in [0.717, 1.165) is 25.3 Å². The lowest BCUT2D eigenvalue weighted by molar-refractivity contribution is -0.150. The summed E-state index contributed by atoms with van der Waals surface area (Å²) in [6.45, 7) is 4.13. The van der Waals surface area contributed by atoms with Gasteiger partial charge in [-0.1, -0.05) is 30.3 Å². The fourth-order valence-electron chi connectivity index (χ4n) is 4.60. The first-order valence-corrected chi connectivity index (χ1v) is 10.5. The zero-order chi connectivity index (χ0) is 19.8. The number of benzene rings is 1. The van der Waals surface area contributed by atoms with Crippen molar-refractivity contribution in [3.63, 3.8) is 0 Å². The molecule has 1 aromatic heterocycles. The third-order valence-electron chi connectivity index (χ3n) is 6.53. The minimum atomic E-state index is -0.806. The van der Waals surface area contributed by atoms with E-state index in [2.05, 4.69) is 22.0 Å². The topological polar surface area (TPSA) is 56.8 Å². The maximum atomic E-state index is 13.3. The molecule has 29 heavy (non-hydrogen) atoms. The number of nitrogens with zero attached hydrogens (tertiary/aromatic N) is 4. The smallest absolute Gasteiger partial charge is 0.238 e. The molecule has 1 aliphatic carbocycles. The average molecular weight is 390 g/mol. The molecule has 0 bridgehead atoms. The molecule has 0 N–H and O–H groups in total. The van der Waals surface area contributed by atoms with Crippen molar-refractivity contribution in [1.82, 2.24) is 14.8 Å². The summed E-state index contributed by atoms with van der Waals surface area (Å²) in [6, 6.07) is 14.2. The first-order chi connectivity index (χ1) is 14.2. The van der Waals surface area contributed by atoms with Crippen molar-refractivity contribution in [3.8, 4) is 0 Å². The maximum Gasteiger partial charge on any atom is 0.238 e. The number of carbonyl (C=O) groups excluding carboxylic acids is 2. The van der Waals surface area contributed by atoms with Gasteiger partial charge in [0.25, 0.3) is 0 Å². The van der Waals surface area contributed by atoms with E-state index in [0.29, 0.717) is 39.0 Å². The Kier molecular flexibility index (Phi) is 4.49. The van der Waals surface area contributed by atoms with Gasteiger partial charge in [-0.2, -0.15) is 0 Å². The molecule has 150 valence electrons. The third-order valence-corrected chi connectivity index (χ3v) is 6.53. The molecule has 3 heterocycles. The molecule has 0 radical (unpaired) electrons. The number of hydrogen-bond donors (Lipinski definition) is 0. The summed E-state index contributed by atoms with van der Waals surface area (Å²) >= 11 is 0. The van der Waals surface area contributed by atoms with Crippen molar-refractivity contribution in [2.24, 2.45) is 5.41 Å². The van der Waals surface area contributed by atoms with Crippen LogP contribution in [0.3, 0.4) is 0 Å². The van der Waals surface area contributed by atoms with Crippen LogP contribution >= 0.6 is 0 Å². The number of carbonyl (C=O) groups is 2. The molecule has 1 saturated carbocycles. The highest BCUT2D eigenvalue weighted by Gasteiger charge is 2.59. The Hall–Kier alpha value is -2.89. The summed E-state index contributed by atoms with van der Waals surface area (Å²) in [7, 11) is 0. The fourth-order valence-corrected chi connectivity index (χ4v) is 4.60. The molecular weight excluding hydrogens is 364 g/mol. The normalized spacial score (nSPS) is 20.2. The zero-order valence-electron chi connectivity index (χ0n) is 16.6. The molecule has 2 aromatic rings. The molecule has 5 rings (SSSR count). The molecule has 6 heteroatoms. The highest BCUT2D eigenvalue weighted by molar-refractivity contribution is 6.08. The first-order valence-electron chi connectivity index (χ1n) is 10.5. The molecule has 1 aromatic carbocycles. The van der Waals surface area contributed by atoms with Gasteiger partial charge in [-0.15, -0.1) is 0 Å². The number of pyridine rings is 1. The van der Waals surface area contributed by atoms with Crippen LogP contribution < -0.4 is 4.90 Å². The number of anilines is 1. The second-order valence-corrected chi connectivity index (χ2v) is 8.29. The number of hydrogen-bond acceptors (Lipinski definition) is 4. The van der Waals surface area contributed by atoms with Crippen molar-refractivity contribution < 1.29 is 9.59 Å². The van der Waals surface area contributed by atoms with Crippen LogP contribution in [-0.4, -0.2) is 59.3 Å². The molecule has 0 unspecified atom stereocenters. The predicted molar refractivity (Wildman–Crippen MR) is 110 cm³/mol. The van der Waals surface area contributed by atoms with E-state index in [1.165, 1.54) is 11.1 Å². The maximum absolute atomic E-state index is 13.3. The lowest BCUT2D eigenvalue weighted by Crippen LogP contribution is -2.54. The number of aromatic nitrogens is 1. The Bertz CT molecular complexity index is 917. The SMILES string of the molecule is O=C(N1CCN(c2ccccn2)CC1)C1(C(=O)N2CCc3ccccc3C2)CC1. The van der Waals surface area contributed by atoms with E-state index in [-0.39, 0.29) is 11.8 Å². The van der Waals surface area contributed by atoms with Gasteiger partial charge in [-0.3, -0.25) is 9.59 Å². The first kappa shape index (κ1) is 18.2. The van der Waals surface area contributed by atoms with E-state index < -0.39 is 5.41 Å². The number of amides is 2. The fraction of sp³-hybridized carbons (Fsp3) is 0.435. The summed E-state index contributed by atoms with van der Waals surface area (Å²) in [5.74, 6) is 1.01. The Morgan fingerprint density at radius 1 is 0.793 bits per heavy atom. The number of fused-ring (bicyclic) bond motifs is 1. The molecular formula is C23H26N4O2. The van der Waals surface area contributed by atoms with Crippen LogP contribution in [0.1, 0.15) is 24.0 Å². The Balaban J connectivity index is 1.24. The highest BCUT2D eigenvalue weighted by Crippen LogP contribution is 2.49. The Morgan fingerprint density at radius 2 is 1.48 bits per heavy atom. The molecule has 0 spiro atoms. The summed E-state index contributed by atoms with van der Waals surface area (Å²) in [5, 5.41) is 0. The molecule has 2 amide bonds. The largest absolute Gasteiger partial charge is 0.353 e. The van der Waals surface area contributed by atoms with Crippen LogP contribution in [0, 0.1) is 5.41 Å². The summed E-state index contributed by atoms with van der Waals surface area (Å²) in [6.07, 6.45) is 4.03. The average Bonchev–Trinajstić information content (AvgIpc) is 3.60. The Morgan fingerprint density at radius 3 is 2.17 bits per heavy atom. The van der Waals surface area contributed by atoms with E-state index in [9.17, 15) is 9.59 Å². The van der Waals surface area contributed by atoms with Crippen molar-refractivity contribution in [3.05, 3.63) is 59.8 Å². The van der Waals surface area contributed by atoms with Crippen LogP contribution in [0.2, 0.25) is 0 Å². The van der Waals surface area contributed by atoms with E-state index >= 15 is 0 Å². The van der Waals surface area contributed by atoms with Crippen LogP contribution in [0.5, 0.6) is 0 Å². The monoisotopic (exact) mass is 390 g/mol. The Labute approximate surface area is 171 Å². The quantitative estimate of drug-likeness (QED) is 0.753. The third kappa shape index (κ3) is 3.26. The lowest BCUT2D eigenvalue weighted by Gasteiger charge is -2.38. The van der Waals surface area contributed by atoms with Gasteiger partial charge >= 0.3 is 0 Å². The van der Waals surface area contributed by atoms with Gasteiger partial charge in [-0.25, -0.2) is 4.98 Å². The second-order valence-electron chi connectivity index (χ2n) is 8.29. The van der Waals surface area contributed by atoms with Gasteiger partial charge in [-0.05, 0) is 42.5 Å². The second kappa shape index (κ2) is 7.17. The van der Waals surface area contributed by atoms with Crippen molar-refractivity contribution in [2.45, 2.75) is 25.8 Å². The van der Waals surface area contributed by atoms with Gasteiger partial charge in [0.15, 0.2) is 0 Å². The molecule has 2 aliphatic heterocycles. The summed E-state index contributed by atoms with van der Waals surface area (Å²) in [4.78, 5) is 37.0. The summed E-state index contributed by atoms with van der Waals surface area (Å²) < 4.78 is 0. The van der Waals surface area contributed by atoms with Gasteiger partial charge in [0.05, 0.1) is 0 Å². The summed E-state index contributed by atoms with van der Waals surface area (Å²) in [5.41, 5.74) is 1.72. The van der Waals surface area contributed by atoms with Gasteiger partial charge in [0, 0.05) is 45.5 Å². The van der Waals surface area contributed by atoms with Crippen LogP contribution in [0.4, 0.5) is 5.82 Å². The van der Waals surface area contributed by atoms with Crippen molar-refractivity contribution in [1.29, 1.82) is 0 Å². The van der Waals surface area contributed by atoms with E-state index in [1.54, 1.807) is 6.20 Å². The van der Waals surface area contributed by atoms with E-state index in [1.807, 2.05) is 40.1 Å². The van der Waals surface area contributed by atoms with Crippen molar-refractivity contribution in [2.75, 3.05) is 37.6 Å². The minimum Gasteiger partial charge on any atom is -0.353 e. The predicted octanol–water partition coefficient (Wildman–Crippen LogP) is 2.10. The molecule has 0 atom stereocenters. The highest BCUT2D eigenvalue weighted by atomic mass is 16.2. The van der Waals surface area contributed by atoms with Gasteiger partial charge in [0.2, 0.25) is 11.8 Å². The lowest BCUT2D eigenvalue weighted by atomic mass is 9.96. The van der Waals surface area contributed by atoms with Gasteiger partial charge in [0.1, 0.15) is 11.2 Å². The zero-order valence-corrected chi connectivity index (χ0v) is 16.6. The van der Waals surface area contributed by atoms with Crippen LogP contribution in [0.15, 0.2) is 48.7 Å². The minimum absolute atomic E-state index is 0.0297. The molecule has 3 aliphatic rings. The molecule has 6 nitrogen and oxygen atoms in total. The van der Waals surface area contributed by atoms with Crippen molar-refractivity contribution >= 4 is 17.6 Å². The molecule has 1 saturated heterocycles. The van der Waals surface area contributed by atoms with Crippen LogP contribution in [0.25, 0.3) is 0 Å². The molecule has 2 fully saturated rings. The van der Waals surface area contributed by atoms with Crippen LogP contribution in [-0.2, 0) is 22.6 Å². The standard InChI is InChI=1S/C23H26N4O2/c28-21(26-15-13-25(14-16-26)20-7-3-4-11-24-20)23(9-10-23)22(29)27-12-8-18-5-1-2-6-19(18)17-27/h1-7,11H,8-10,12-17H2. The van der Waals surface area contributed by atoms with Gasteiger partial charge < -0.3 is 14.7 Å².